The lowest BCUT2D eigenvalue weighted by atomic mass is 10.2. The minimum absolute atomic E-state index is 0.220. The predicted octanol–water partition coefficient (Wildman–Crippen LogP) is 0.533. The highest BCUT2D eigenvalue weighted by molar-refractivity contribution is 5.66. The average molecular weight is 200 g/mol. The number of carboxylic acid groups (broad SMARTS) is 1. The Kier molecular flexibility index (Phi) is 4.35. The first-order valence-corrected chi connectivity index (χ1v) is 5.29. The Balaban J connectivity index is 2.13. The minimum atomic E-state index is -0.726. The topological polar surface area (TPSA) is 52.6 Å². The van der Waals surface area contributed by atoms with Gasteiger partial charge in [0.2, 0.25) is 0 Å². The summed E-state index contributed by atoms with van der Waals surface area (Å²) >= 11 is 0. The van der Waals surface area contributed by atoms with Crippen LogP contribution in [0.3, 0.4) is 0 Å². The molecule has 0 aromatic carbocycles. The summed E-state index contributed by atoms with van der Waals surface area (Å²) in [5.41, 5.74) is 0. The van der Waals surface area contributed by atoms with Gasteiger partial charge in [-0.15, -0.1) is 0 Å². The van der Waals surface area contributed by atoms with Crippen LogP contribution in [0, 0.1) is 0 Å². The molecule has 1 fully saturated rings. The van der Waals surface area contributed by atoms with Crippen LogP contribution in [-0.2, 0) is 4.79 Å². The molecule has 0 amide bonds. The van der Waals surface area contributed by atoms with E-state index in [9.17, 15) is 4.79 Å². The van der Waals surface area contributed by atoms with Crippen molar-refractivity contribution in [1.29, 1.82) is 0 Å². The van der Waals surface area contributed by atoms with E-state index in [4.69, 9.17) is 5.11 Å². The summed E-state index contributed by atoms with van der Waals surface area (Å²) < 4.78 is 0. The van der Waals surface area contributed by atoms with Gasteiger partial charge in [0.05, 0.1) is 6.42 Å². The number of rotatable bonds is 5. The molecule has 0 spiro atoms. The molecule has 1 heterocycles. The Bertz CT molecular complexity index is 195. The van der Waals surface area contributed by atoms with Gasteiger partial charge in [-0.25, -0.2) is 0 Å². The SMILES string of the molecule is CC(C)N1CCC(NCCC(=O)O)C1. The molecule has 0 saturated carbocycles. The summed E-state index contributed by atoms with van der Waals surface area (Å²) in [7, 11) is 0. The van der Waals surface area contributed by atoms with Gasteiger partial charge in [-0.2, -0.15) is 0 Å². The van der Waals surface area contributed by atoms with Gasteiger partial charge in [0.15, 0.2) is 0 Å². The van der Waals surface area contributed by atoms with Crippen LogP contribution in [0.2, 0.25) is 0 Å². The van der Waals surface area contributed by atoms with E-state index >= 15 is 0 Å². The van der Waals surface area contributed by atoms with Gasteiger partial charge in [-0.05, 0) is 26.8 Å². The third-order valence-electron chi connectivity index (χ3n) is 2.72. The molecule has 0 aromatic rings. The molecule has 0 aromatic heterocycles. The van der Waals surface area contributed by atoms with Crippen LogP contribution in [-0.4, -0.2) is 47.7 Å². The molecule has 14 heavy (non-hydrogen) atoms. The Labute approximate surface area is 85.3 Å². The number of nitrogens with zero attached hydrogens (tertiary/aromatic N) is 1. The molecule has 1 aliphatic rings. The molecule has 0 radical (unpaired) electrons. The fourth-order valence-electron chi connectivity index (χ4n) is 1.81. The molecular weight excluding hydrogens is 180 g/mol. The van der Waals surface area contributed by atoms with E-state index in [2.05, 4.69) is 24.1 Å². The molecule has 0 bridgehead atoms. The van der Waals surface area contributed by atoms with Gasteiger partial charge in [0.1, 0.15) is 0 Å². The molecule has 1 atom stereocenters. The molecule has 0 aliphatic carbocycles. The smallest absolute Gasteiger partial charge is 0.304 e. The summed E-state index contributed by atoms with van der Waals surface area (Å²) in [5.74, 6) is -0.726. The minimum Gasteiger partial charge on any atom is -0.481 e. The quantitative estimate of drug-likeness (QED) is 0.680. The van der Waals surface area contributed by atoms with Gasteiger partial charge in [0, 0.05) is 25.2 Å². The van der Waals surface area contributed by atoms with Crippen molar-refractivity contribution < 1.29 is 9.90 Å². The number of aliphatic carboxylic acids is 1. The second-order valence-corrected chi connectivity index (χ2v) is 4.17. The Morgan fingerprint density at radius 2 is 2.36 bits per heavy atom. The number of hydrogen-bond acceptors (Lipinski definition) is 3. The van der Waals surface area contributed by atoms with E-state index in [1.807, 2.05) is 0 Å². The third-order valence-corrected chi connectivity index (χ3v) is 2.72. The number of carboxylic acids is 1. The lowest BCUT2D eigenvalue weighted by Crippen LogP contribution is -2.36. The van der Waals surface area contributed by atoms with Gasteiger partial charge < -0.3 is 10.4 Å². The van der Waals surface area contributed by atoms with E-state index < -0.39 is 5.97 Å². The van der Waals surface area contributed by atoms with Crippen LogP contribution < -0.4 is 5.32 Å². The molecule has 4 heteroatoms. The van der Waals surface area contributed by atoms with E-state index in [1.165, 1.54) is 0 Å². The summed E-state index contributed by atoms with van der Waals surface area (Å²) in [6.07, 6.45) is 1.36. The van der Waals surface area contributed by atoms with E-state index in [0.717, 1.165) is 19.5 Å². The zero-order valence-corrected chi connectivity index (χ0v) is 8.99. The van der Waals surface area contributed by atoms with Crippen molar-refractivity contribution in [3.05, 3.63) is 0 Å². The van der Waals surface area contributed by atoms with Crippen LogP contribution >= 0.6 is 0 Å². The lowest BCUT2D eigenvalue weighted by molar-refractivity contribution is -0.136. The second kappa shape index (κ2) is 5.32. The summed E-state index contributed by atoms with van der Waals surface area (Å²) in [4.78, 5) is 12.7. The molecular formula is C10H20N2O2. The van der Waals surface area contributed by atoms with Gasteiger partial charge in [0.25, 0.3) is 0 Å². The monoisotopic (exact) mass is 200 g/mol. The van der Waals surface area contributed by atoms with Crippen molar-refractivity contribution >= 4 is 5.97 Å². The zero-order chi connectivity index (χ0) is 10.6. The van der Waals surface area contributed by atoms with Crippen LogP contribution in [0.15, 0.2) is 0 Å². The highest BCUT2D eigenvalue weighted by atomic mass is 16.4. The summed E-state index contributed by atoms with van der Waals surface area (Å²) in [6.45, 7) is 7.16. The van der Waals surface area contributed by atoms with Gasteiger partial charge in [-0.3, -0.25) is 9.69 Å². The van der Waals surface area contributed by atoms with Gasteiger partial charge >= 0.3 is 5.97 Å². The molecule has 1 saturated heterocycles. The first-order valence-electron chi connectivity index (χ1n) is 5.29. The van der Waals surface area contributed by atoms with Crippen LogP contribution in [0.25, 0.3) is 0 Å². The van der Waals surface area contributed by atoms with Crippen molar-refractivity contribution in [2.75, 3.05) is 19.6 Å². The number of carbonyl (C=O) groups is 1. The maximum absolute atomic E-state index is 10.3. The Morgan fingerprint density at radius 1 is 1.64 bits per heavy atom. The third kappa shape index (κ3) is 3.64. The van der Waals surface area contributed by atoms with Crippen molar-refractivity contribution in [2.24, 2.45) is 0 Å². The molecule has 2 N–H and O–H groups in total. The number of nitrogens with one attached hydrogen (secondary N) is 1. The molecule has 1 rings (SSSR count). The Hall–Kier alpha value is -0.610. The van der Waals surface area contributed by atoms with Crippen molar-refractivity contribution in [3.63, 3.8) is 0 Å². The molecule has 1 unspecified atom stereocenters. The van der Waals surface area contributed by atoms with Crippen molar-refractivity contribution in [1.82, 2.24) is 10.2 Å². The summed E-state index contributed by atoms with van der Waals surface area (Å²) in [6, 6.07) is 1.08. The maximum atomic E-state index is 10.3. The average Bonchev–Trinajstić information content (AvgIpc) is 2.52. The van der Waals surface area contributed by atoms with Crippen LogP contribution in [0.1, 0.15) is 26.7 Å². The first kappa shape index (κ1) is 11.5. The molecule has 4 nitrogen and oxygen atoms in total. The zero-order valence-electron chi connectivity index (χ0n) is 8.99. The van der Waals surface area contributed by atoms with Crippen LogP contribution in [0.4, 0.5) is 0 Å². The van der Waals surface area contributed by atoms with E-state index in [-0.39, 0.29) is 6.42 Å². The standard InChI is InChI=1S/C10H20N2O2/c1-8(2)12-6-4-9(7-12)11-5-3-10(13)14/h8-9,11H,3-7H2,1-2H3,(H,13,14). The molecule has 82 valence electrons. The van der Waals surface area contributed by atoms with Crippen molar-refractivity contribution in [3.8, 4) is 0 Å². The van der Waals surface area contributed by atoms with Crippen LogP contribution in [0.5, 0.6) is 0 Å². The fraction of sp³-hybridized carbons (Fsp3) is 0.900. The fourth-order valence-corrected chi connectivity index (χ4v) is 1.81. The van der Waals surface area contributed by atoms with E-state index in [1.54, 1.807) is 0 Å². The first-order chi connectivity index (χ1) is 6.59. The lowest BCUT2D eigenvalue weighted by Gasteiger charge is -2.20. The summed E-state index contributed by atoms with van der Waals surface area (Å²) in [5, 5.41) is 11.8. The Morgan fingerprint density at radius 3 is 2.86 bits per heavy atom. The number of hydrogen-bond donors (Lipinski definition) is 2. The number of likely N-dealkylation sites (tertiary alicyclic amines) is 1. The predicted molar refractivity (Wildman–Crippen MR) is 55.4 cm³/mol. The van der Waals surface area contributed by atoms with E-state index in [0.29, 0.717) is 18.6 Å². The second-order valence-electron chi connectivity index (χ2n) is 4.17. The maximum Gasteiger partial charge on any atom is 0.304 e. The molecule has 1 aliphatic heterocycles. The largest absolute Gasteiger partial charge is 0.481 e. The normalized spacial score (nSPS) is 23.2. The highest BCUT2D eigenvalue weighted by Gasteiger charge is 2.23. The van der Waals surface area contributed by atoms with Crippen molar-refractivity contribution in [2.45, 2.75) is 38.8 Å². The highest BCUT2D eigenvalue weighted by Crippen LogP contribution is 2.11. The van der Waals surface area contributed by atoms with Gasteiger partial charge in [-0.1, -0.05) is 0 Å².